The molecule has 1 saturated heterocycles. The molecule has 1 rings (SSSR count). The van der Waals surface area contributed by atoms with Crippen LogP contribution < -0.4 is 53.2 Å². The number of nitrogens with one attached hydrogen (secondary N) is 10. The van der Waals surface area contributed by atoms with Gasteiger partial charge >= 0.3 is 0 Å². The molecule has 0 aliphatic carbocycles. The number of aliphatic hydroxyl groups is 2. The van der Waals surface area contributed by atoms with Gasteiger partial charge in [-0.3, -0.25) is 47.9 Å². The number of rotatable bonds is 37. The van der Waals surface area contributed by atoms with Crippen molar-refractivity contribution >= 4 is 59.1 Å². The summed E-state index contributed by atoms with van der Waals surface area (Å²) in [6.07, 6.45) is 5.07. The highest BCUT2D eigenvalue weighted by atomic mass is 16.3. The van der Waals surface area contributed by atoms with Gasteiger partial charge in [-0.25, -0.2) is 0 Å². The maximum atomic E-state index is 14.5. The van der Waals surface area contributed by atoms with Gasteiger partial charge in [-0.15, -0.1) is 0 Å². The van der Waals surface area contributed by atoms with Gasteiger partial charge in [-0.05, 0) is 136 Å². The van der Waals surface area contributed by atoms with E-state index in [1.54, 1.807) is 27.0 Å². The van der Waals surface area contributed by atoms with E-state index in [0.29, 0.717) is 32.4 Å². The van der Waals surface area contributed by atoms with Crippen LogP contribution in [0.5, 0.6) is 0 Å². The summed E-state index contributed by atoms with van der Waals surface area (Å²) in [6.45, 7) is 31.7. The van der Waals surface area contributed by atoms with E-state index in [1.165, 1.54) is 52.5 Å². The van der Waals surface area contributed by atoms with E-state index in [-0.39, 0.29) is 79.7 Å². The van der Waals surface area contributed by atoms with Crippen molar-refractivity contribution in [3.05, 3.63) is 12.2 Å². The molecule has 23 nitrogen and oxygen atoms in total. The van der Waals surface area contributed by atoms with Crippen molar-refractivity contribution in [1.82, 2.24) is 58.1 Å². The minimum absolute atomic E-state index is 0.0110. The Labute approximate surface area is 501 Å². The number of allylic oxidation sites excluding steroid dienone is 1. The molecule has 12 N–H and O–H groups in total. The lowest BCUT2D eigenvalue weighted by Gasteiger charge is -2.34. The summed E-state index contributed by atoms with van der Waals surface area (Å²) >= 11 is 0. The second kappa shape index (κ2) is 35.7. The second-order valence-electron chi connectivity index (χ2n) is 26.4. The number of hydrogen-bond donors (Lipinski definition) is 12. The van der Waals surface area contributed by atoms with Crippen molar-refractivity contribution < 1.29 is 58.2 Å². The number of aliphatic hydroxyl groups excluding tert-OH is 2. The number of unbranched alkanes of at least 4 members (excludes halogenated alkanes) is 1. The molecule has 1 aliphatic rings. The fourth-order valence-corrected chi connectivity index (χ4v) is 9.60. The molecule has 0 saturated carbocycles. The molecule has 23 heteroatoms. The number of amides is 10. The van der Waals surface area contributed by atoms with Gasteiger partial charge in [0.05, 0.1) is 12.2 Å². The standard InChI is InChI=1S/C61H111N11O12/c1-20-22-23-42(73)30-39(10)31-45(66-54(80)46-32-40(11)34-72(46)48(75)25-24-38(9)21-2)52(78)68-49(50(76)37(7)8)55(81)70-60(15,16)57(83)67-43(28-35(3)4)51(77)65-44(29-36(5)6)53(79)69-61(17,18)58(84)71-59(13,14)56(82)63-27-26-47(74)64-41(12)33-62-19/h24-25,35-46,49-50,62,73,76H,20-23,26-34H2,1-19H3,(H,63,82)(H,64,74)(H,65,77)(H,66,80)(H,67,83)(H,68,78)(H,69,79)(H,70,81)(H,71,84)/b25-24+/t38-,39+,40-,41-,42+,43-,44-,45-,46-,49-,50+/m0/s1. The third-order valence-electron chi connectivity index (χ3n) is 15.0. The Bertz CT molecular complexity index is 2220. The van der Waals surface area contributed by atoms with Crippen LogP contribution in [0.2, 0.25) is 0 Å². The Balaban J connectivity index is 3.43. The number of likely N-dealkylation sites (N-methyl/N-ethyl adjacent to an activating group) is 1. The van der Waals surface area contributed by atoms with Gasteiger partial charge in [-0.2, -0.15) is 0 Å². The van der Waals surface area contributed by atoms with E-state index in [4.69, 9.17) is 0 Å². The molecule has 0 unspecified atom stereocenters. The molecule has 0 aromatic rings. The lowest BCUT2D eigenvalue weighted by molar-refractivity contribution is -0.140. The summed E-state index contributed by atoms with van der Waals surface area (Å²) in [5.41, 5.74) is -4.87. The Morgan fingerprint density at radius 1 is 0.631 bits per heavy atom. The van der Waals surface area contributed by atoms with Gasteiger partial charge in [-0.1, -0.05) is 101 Å². The summed E-state index contributed by atoms with van der Waals surface area (Å²) in [5, 5.41) is 49.9. The topological polar surface area (TPSA) is 335 Å². The summed E-state index contributed by atoms with van der Waals surface area (Å²) in [6, 6.07) is -6.40. The SMILES string of the molecule is CCCC[C@@H](O)C[C@@H](C)C[C@H](NC(=O)[C@@H]1C[C@H](C)CN1C(=O)/C=C/[C@@H](C)CC)C(=O)N[C@H](C(=O)NC(C)(C)C(=O)N[C@@H](CC(C)C)C(=O)N[C@@H](CC(C)C)C(=O)NC(C)(C)C(=O)NC(C)(C)C(=O)NCCC(=O)N[C@@H](C)CNC)[C@H](O)C(C)C. The second-order valence-corrected chi connectivity index (χ2v) is 26.4. The molecule has 84 heavy (non-hydrogen) atoms. The summed E-state index contributed by atoms with van der Waals surface area (Å²) in [4.78, 5) is 140. The molecule has 1 fully saturated rings. The lowest BCUT2D eigenvalue weighted by Crippen LogP contribution is -2.66. The molecular weight excluding hydrogens is 1080 g/mol. The van der Waals surface area contributed by atoms with Crippen LogP contribution in [0.3, 0.4) is 0 Å². The number of carbonyl (C=O) groups is 10. The highest BCUT2D eigenvalue weighted by Crippen LogP contribution is 2.25. The zero-order chi connectivity index (χ0) is 64.6. The molecule has 1 heterocycles. The van der Waals surface area contributed by atoms with Crippen molar-refractivity contribution in [3.63, 3.8) is 0 Å². The molecule has 11 atom stereocenters. The predicted molar refractivity (Wildman–Crippen MR) is 325 cm³/mol. The Morgan fingerprint density at radius 2 is 1.17 bits per heavy atom. The molecule has 482 valence electrons. The van der Waals surface area contributed by atoms with Crippen molar-refractivity contribution in [3.8, 4) is 0 Å². The van der Waals surface area contributed by atoms with Gasteiger partial charge in [0.25, 0.3) is 0 Å². The average molecular weight is 1190 g/mol. The Hall–Kier alpha value is -5.68. The van der Waals surface area contributed by atoms with E-state index >= 15 is 0 Å². The van der Waals surface area contributed by atoms with Crippen LogP contribution in [-0.2, 0) is 47.9 Å². The lowest BCUT2D eigenvalue weighted by atomic mass is 9.92. The fourth-order valence-electron chi connectivity index (χ4n) is 9.60. The van der Waals surface area contributed by atoms with Crippen LogP contribution in [-0.4, -0.2) is 166 Å². The van der Waals surface area contributed by atoms with E-state index in [2.05, 4.69) is 53.2 Å². The zero-order valence-electron chi connectivity index (χ0n) is 54.4. The van der Waals surface area contributed by atoms with Crippen molar-refractivity contribution in [2.45, 2.75) is 254 Å². The highest BCUT2D eigenvalue weighted by molar-refractivity contribution is 6.00. The largest absolute Gasteiger partial charge is 0.393 e. The zero-order valence-corrected chi connectivity index (χ0v) is 54.4. The van der Waals surface area contributed by atoms with Gasteiger partial charge in [0.1, 0.15) is 46.8 Å². The van der Waals surface area contributed by atoms with Crippen LogP contribution in [0.1, 0.15) is 189 Å². The maximum Gasteiger partial charge on any atom is 0.246 e. The van der Waals surface area contributed by atoms with Gasteiger partial charge < -0.3 is 68.3 Å². The normalized spacial score (nSPS) is 18.1. The minimum atomic E-state index is -1.79. The van der Waals surface area contributed by atoms with Gasteiger partial charge in [0.15, 0.2) is 0 Å². The Morgan fingerprint density at radius 3 is 1.71 bits per heavy atom. The maximum absolute atomic E-state index is 14.5. The third kappa shape index (κ3) is 26.7. The highest BCUT2D eigenvalue weighted by Gasteiger charge is 2.43. The first-order valence-corrected chi connectivity index (χ1v) is 30.6. The molecular formula is C61H111N11O12. The monoisotopic (exact) mass is 1190 g/mol. The minimum Gasteiger partial charge on any atom is -0.393 e. The molecule has 10 amide bonds. The molecule has 0 radical (unpaired) electrons. The summed E-state index contributed by atoms with van der Waals surface area (Å²) in [5.74, 6) is -7.55. The molecule has 0 bridgehead atoms. The molecule has 0 aromatic carbocycles. The summed E-state index contributed by atoms with van der Waals surface area (Å²) in [7, 11) is 1.77. The van der Waals surface area contributed by atoms with Crippen LogP contribution >= 0.6 is 0 Å². The first kappa shape index (κ1) is 76.3. The van der Waals surface area contributed by atoms with Crippen LogP contribution in [0.4, 0.5) is 0 Å². The average Bonchev–Trinajstić information content (AvgIpc) is 3.96. The van der Waals surface area contributed by atoms with Crippen LogP contribution in [0.25, 0.3) is 0 Å². The van der Waals surface area contributed by atoms with Crippen molar-refractivity contribution in [1.29, 1.82) is 0 Å². The smallest absolute Gasteiger partial charge is 0.246 e. The van der Waals surface area contributed by atoms with Gasteiger partial charge in [0, 0.05) is 32.1 Å². The first-order chi connectivity index (χ1) is 38.8. The number of likely N-dealkylation sites (tertiary alicyclic amines) is 1. The number of carbonyl (C=O) groups excluding carboxylic acids is 10. The van der Waals surface area contributed by atoms with Crippen LogP contribution in [0.15, 0.2) is 12.2 Å². The Kier molecular flexibility index (Phi) is 32.4. The van der Waals surface area contributed by atoms with E-state index in [1.807, 2.05) is 69.2 Å². The third-order valence-corrected chi connectivity index (χ3v) is 15.0. The van der Waals surface area contributed by atoms with Crippen LogP contribution in [0, 0.1) is 35.5 Å². The van der Waals surface area contributed by atoms with E-state index in [9.17, 15) is 58.2 Å². The van der Waals surface area contributed by atoms with E-state index in [0.717, 1.165) is 19.3 Å². The fraction of sp³-hybridized carbons (Fsp3) is 0.803. The number of nitrogens with zero attached hydrogens (tertiary/aromatic N) is 1. The molecule has 0 spiro atoms. The summed E-state index contributed by atoms with van der Waals surface area (Å²) < 4.78 is 0. The predicted octanol–water partition coefficient (Wildman–Crippen LogP) is 2.76. The molecule has 0 aromatic heterocycles. The first-order valence-electron chi connectivity index (χ1n) is 30.6. The van der Waals surface area contributed by atoms with Crippen molar-refractivity contribution in [2.24, 2.45) is 35.5 Å². The number of hydrogen-bond acceptors (Lipinski definition) is 13. The van der Waals surface area contributed by atoms with E-state index < -0.39 is 112 Å². The van der Waals surface area contributed by atoms with Crippen molar-refractivity contribution in [2.75, 3.05) is 26.7 Å². The van der Waals surface area contributed by atoms with Gasteiger partial charge in [0.2, 0.25) is 59.1 Å². The molecule has 1 aliphatic heterocycles. The quantitative estimate of drug-likeness (QED) is 0.0399.